The van der Waals surface area contributed by atoms with E-state index in [-0.39, 0.29) is 23.3 Å². The molecule has 2 N–H and O–H groups in total. The second kappa shape index (κ2) is 7.36. The summed E-state index contributed by atoms with van der Waals surface area (Å²) in [5.41, 5.74) is 1.09. The SMILES string of the molecule is CCSC1=C(c2cccs2)C(=O)N(Cc2ccc(S(N)(=O)=O)cc2)C1=O. The first kappa shape index (κ1) is 18.8. The van der Waals surface area contributed by atoms with E-state index in [9.17, 15) is 18.0 Å². The van der Waals surface area contributed by atoms with E-state index in [1.807, 2.05) is 24.4 Å². The minimum atomic E-state index is -3.78. The fraction of sp³-hybridized carbons (Fsp3) is 0.176. The third-order valence-corrected chi connectivity index (χ3v) is 6.55. The molecule has 1 aliphatic rings. The molecule has 1 aromatic carbocycles. The van der Waals surface area contributed by atoms with E-state index in [2.05, 4.69) is 0 Å². The number of rotatable bonds is 6. The minimum absolute atomic E-state index is 0.0139. The van der Waals surface area contributed by atoms with Crippen LogP contribution < -0.4 is 5.14 Å². The summed E-state index contributed by atoms with van der Waals surface area (Å²) in [5, 5.41) is 6.95. The van der Waals surface area contributed by atoms with Crippen molar-refractivity contribution < 1.29 is 18.0 Å². The summed E-state index contributed by atoms with van der Waals surface area (Å²) in [6.07, 6.45) is 0. The van der Waals surface area contributed by atoms with Gasteiger partial charge in [-0.2, -0.15) is 0 Å². The van der Waals surface area contributed by atoms with Crippen LogP contribution in [0.4, 0.5) is 0 Å². The molecule has 0 bridgehead atoms. The lowest BCUT2D eigenvalue weighted by Gasteiger charge is -2.15. The standard InChI is InChI=1S/C17H16N2O4S3/c1-2-24-15-14(13-4-3-9-25-13)16(20)19(17(15)21)10-11-5-7-12(8-6-11)26(18,22)23/h3-9H,2,10H2,1H3,(H2,18,22,23). The first-order chi connectivity index (χ1) is 12.3. The molecule has 0 saturated heterocycles. The molecule has 0 aliphatic carbocycles. The van der Waals surface area contributed by atoms with Crippen molar-refractivity contribution in [1.82, 2.24) is 4.90 Å². The molecule has 1 aliphatic heterocycles. The van der Waals surface area contributed by atoms with E-state index in [0.29, 0.717) is 21.8 Å². The van der Waals surface area contributed by atoms with Gasteiger partial charge in [0.15, 0.2) is 0 Å². The number of thiophene rings is 1. The monoisotopic (exact) mass is 408 g/mol. The number of nitrogens with zero attached hydrogens (tertiary/aromatic N) is 1. The number of thioether (sulfide) groups is 1. The zero-order chi connectivity index (χ0) is 18.9. The molecule has 2 aromatic rings. The molecule has 0 fully saturated rings. The van der Waals surface area contributed by atoms with Crippen LogP contribution in [0.5, 0.6) is 0 Å². The number of benzene rings is 1. The summed E-state index contributed by atoms with van der Waals surface area (Å²) < 4.78 is 22.7. The highest BCUT2D eigenvalue weighted by molar-refractivity contribution is 8.04. The minimum Gasteiger partial charge on any atom is -0.269 e. The van der Waals surface area contributed by atoms with Crippen molar-refractivity contribution in [3.63, 3.8) is 0 Å². The number of carbonyl (C=O) groups is 2. The Kier molecular flexibility index (Phi) is 5.33. The molecule has 3 rings (SSSR count). The maximum atomic E-state index is 12.9. The largest absolute Gasteiger partial charge is 0.269 e. The van der Waals surface area contributed by atoms with Crippen LogP contribution in [-0.2, 0) is 26.2 Å². The Morgan fingerprint density at radius 2 is 1.81 bits per heavy atom. The van der Waals surface area contributed by atoms with Crippen molar-refractivity contribution in [2.75, 3.05) is 5.75 Å². The van der Waals surface area contributed by atoms with E-state index >= 15 is 0 Å². The molecule has 0 spiro atoms. The second-order valence-electron chi connectivity index (χ2n) is 5.50. The van der Waals surface area contributed by atoms with Crippen LogP contribution in [0, 0.1) is 0 Å². The molecular weight excluding hydrogens is 392 g/mol. The zero-order valence-electron chi connectivity index (χ0n) is 13.8. The molecule has 1 aromatic heterocycles. The van der Waals surface area contributed by atoms with Gasteiger partial charge in [-0.25, -0.2) is 13.6 Å². The molecule has 9 heteroatoms. The van der Waals surface area contributed by atoms with E-state index in [1.54, 1.807) is 12.1 Å². The Morgan fingerprint density at radius 3 is 2.35 bits per heavy atom. The summed E-state index contributed by atoms with van der Waals surface area (Å²) in [7, 11) is -3.78. The van der Waals surface area contributed by atoms with Crippen LogP contribution in [0.3, 0.4) is 0 Å². The van der Waals surface area contributed by atoms with Crippen LogP contribution in [0.2, 0.25) is 0 Å². The Balaban J connectivity index is 1.88. The fourth-order valence-electron chi connectivity index (χ4n) is 2.58. The second-order valence-corrected chi connectivity index (χ2v) is 9.28. The Bertz CT molecular complexity index is 978. The predicted octanol–water partition coefficient (Wildman–Crippen LogP) is 2.43. The molecule has 0 atom stereocenters. The van der Waals surface area contributed by atoms with Crippen LogP contribution in [0.25, 0.3) is 5.57 Å². The molecule has 26 heavy (non-hydrogen) atoms. The van der Waals surface area contributed by atoms with Gasteiger partial charge >= 0.3 is 0 Å². The molecular formula is C17H16N2O4S3. The molecule has 2 heterocycles. The number of primary sulfonamides is 1. The highest BCUT2D eigenvalue weighted by Crippen LogP contribution is 2.38. The van der Waals surface area contributed by atoms with Gasteiger partial charge in [-0.15, -0.1) is 23.1 Å². The van der Waals surface area contributed by atoms with Gasteiger partial charge in [0, 0.05) is 4.88 Å². The van der Waals surface area contributed by atoms with Crippen LogP contribution in [-0.4, -0.2) is 30.9 Å². The lowest BCUT2D eigenvalue weighted by atomic mass is 10.2. The zero-order valence-corrected chi connectivity index (χ0v) is 16.3. The lowest BCUT2D eigenvalue weighted by Crippen LogP contribution is -2.30. The van der Waals surface area contributed by atoms with E-state index < -0.39 is 10.0 Å². The van der Waals surface area contributed by atoms with Crippen molar-refractivity contribution in [3.8, 4) is 0 Å². The van der Waals surface area contributed by atoms with E-state index in [0.717, 1.165) is 4.88 Å². The van der Waals surface area contributed by atoms with Crippen molar-refractivity contribution >= 4 is 50.5 Å². The van der Waals surface area contributed by atoms with Gasteiger partial charge in [-0.05, 0) is 34.9 Å². The first-order valence-corrected chi connectivity index (χ1v) is 11.1. The van der Waals surface area contributed by atoms with Crippen molar-refractivity contribution in [1.29, 1.82) is 0 Å². The van der Waals surface area contributed by atoms with Gasteiger partial charge in [0.25, 0.3) is 11.8 Å². The normalized spacial score (nSPS) is 15.2. The number of hydrogen-bond acceptors (Lipinski definition) is 6. The van der Waals surface area contributed by atoms with Crippen molar-refractivity contribution in [2.45, 2.75) is 18.4 Å². The van der Waals surface area contributed by atoms with Gasteiger partial charge in [-0.1, -0.05) is 25.1 Å². The van der Waals surface area contributed by atoms with Gasteiger partial charge in [-0.3, -0.25) is 14.5 Å². The summed E-state index contributed by atoms with van der Waals surface area (Å²) in [5.74, 6) is 0.0322. The summed E-state index contributed by atoms with van der Waals surface area (Å²) in [6.45, 7) is 2.00. The number of imide groups is 1. The number of hydrogen-bond donors (Lipinski definition) is 1. The quantitative estimate of drug-likeness (QED) is 0.741. The number of amides is 2. The lowest BCUT2D eigenvalue weighted by molar-refractivity contribution is -0.137. The summed E-state index contributed by atoms with van der Waals surface area (Å²) in [6, 6.07) is 9.50. The molecule has 2 amide bonds. The third kappa shape index (κ3) is 3.61. The molecule has 0 unspecified atom stereocenters. The molecule has 0 radical (unpaired) electrons. The predicted molar refractivity (Wildman–Crippen MR) is 103 cm³/mol. The topological polar surface area (TPSA) is 97.5 Å². The van der Waals surface area contributed by atoms with Crippen LogP contribution >= 0.6 is 23.1 Å². The van der Waals surface area contributed by atoms with E-state index in [1.165, 1.54) is 40.1 Å². The average Bonchev–Trinajstić information content (AvgIpc) is 3.18. The van der Waals surface area contributed by atoms with Gasteiger partial charge in [0.05, 0.1) is 21.9 Å². The highest BCUT2D eigenvalue weighted by Gasteiger charge is 2.39. The third-order valence-electron chi connectivity index (χ3n) is 3.77. The molecule has 0 saturated carbocycles. The van der Waals surface area contributed by atoms with Crippen LogP contribution in [0.1, 0.15) is 17.4 Å². The average molecular weight is 409 g/mol. The maximum Gasteiger partial charge on any atom is 0.268 e. The Hall–Kier alpha value is -1.94. The van der Waals surface area contributed by atoms with Gasteiger partial charge in [0.1, 0.15) is 0 Å². The fourth-order valence-corrected chi connectivity index (χ4v) is 4.79. The van der Waals surface area contributed by atoms with Crippen LogP contribution in [0.15, 0.2) is 51.6 Å². The highest BCUT2D eigenvalue weighted by atomic mass is 32.2. The van der Waals surface area contributed by atoms with Gasteiger partial charge in [0.2, 0.25) is 10.0 Å². The van der Waals surface area contributed by atoms with Gasteiger partial charge < -0.3 is 0 Å². The smallest absolute Gasteiger partial charge is 0.268 e. The maximum absolute atomic E-state index is 12.9. The number of sulfonamides is 1. The molecule has 6 nitrogen and oxygen atoms in total. The summed E-state index contributed by atoms with van der Waals surface area (Å²) >= 11 is 2.77. The van der Waals surface area contributed by atoms with Crippen molar-refractivity contribution in [2.24, 2.45) is 5.14 Å². The van der Waals surface area contributed by atoms with E-state index in [4.69, 9.17) is 5.14 Å². The Morgan fingerprint density at radius 1 is 1.12 bits per heavy atom. The number of carbonyl (C=O) groups excluding carboxylic acids is 2. The first-order valence-electron chi connectivity index (χ1n) is 7.71. The van der Waals surface area contributed by atoms with Crippen molar-refractivity contribution in [3.05, 3.63) is 57.1 Å². The molecule has 136 valence electrons. The number of nitrogens with two attached hydrogens (primary N) is 1. The Labute approximate surface area is 159 Å². The summed E-state index contributed by atoms with van der Waals surface area (Å²) in [4.78, 5) is 28.0.